The van der Waals surface area contributed by atoms with Gasteiger partial charge in [0.05, 0.1) is 5.69 Å². The van der Waals surface area contributed by atoms with Gasteiger partial charge in [0.2, 0.25) is 0 Å². The van der Waals surface area contributed by atoms with Gasteiger partial charge < -0.3 is 15.2 Å². The van der Waals surface area contributed by atoms with Crippen LogP contribution >= 0.6 is 0 Å². The molecule has 3 N–H and O–H groups in total. The zero-order valence-electron chi connectivity index (χ0n) is 10.2. The first-order chi connectivity index (χ1) is 8.74. The number of hydrogen-bond donors (Lipinski definition) is 2. The fourth-order valence-electron chi connectivity index (χ4n) is 2.25. The van der Waals surface area contributed by atoms with Gasteiger partial charge in [-0.25, -0.2) is 0 Å². The van der Waals surface area contributed by atoms with E-state index in [0.29, 0.717) is 0 Å². The Morgan fingerprint density at radius 3 is 3.06 bits per heavy atom. The van der Waals surface area contributed by atoms with E-state index in [9.17, 15) is 0 Å². The molecular weight excluding hydrogens is 226 g/mol. The summed E-state index contributed by atoms with van der Waals surface area (Å²) in [6.07, 6.45) is 4.36. The van der Waals surface area contributed by atoms with Gasteiger partial charge in [0.15, 0.2) is 0 Å². The van der Waals surface area contributed by atoms with E-state index in [4.69, 9.17) is 10.3 Å². The number of hydrogen-bond acceptors (Lipinski definition) is 3. The van der Waals surface area contributed by atoms with Gasteiger partial charge in [0, 0.05) is 23.3 Å². The summed E-state index contributed by atoms with van der Waals surface area (Å²) in [5.74, 6) is 0. The maximum atomic E-state index is 6.18. The van der Waals surface area contributed by atoms with E-state index in [1.54, 1.807) is 6.26 Å². The maximum Gasteiger partial charge on any atom is 0.128 e. The third-order valence-corrected chi connectivity index (χ3v) is 3.26. The predicted octanol–water partition coefficient (Wildman–Crippen LogP) is 2.71. The lowest BCUT2D eigenvalue weighted by Gasteiger charge is -2.10. The second-order valence-electron chi connectivity index (χ2n) is 4.57. The van der Waals surface area contributed by atoms with Gasteiger partial charge in [-0.1, -0.05) is 11.2 Å². The number of aryl methyl sites for hydroxylation is 1. The van der Waals surface area contributed by atoms with Crippen LogP contribution in [0.25, 0.3) is 10.9 Å². The van der Waals surface area contributed by atoms with Crippen molar-refractivity contribution in [2.24, 2.45) is 5.73 Å². The first-order valence-corrected chi connectivity index (χ1v) is 5.96. The lowest BCUT2D eigenvalue weighted by atomic mass is 10.00. The molecule has 92 valence electrons. The molecular formula is C14H15N3O. The summed E-state index contributed by atoms with van der Waals surface area (Å²) in [5, 5.41) is 5.07. The van der Waals surface area contributed by atoms with Crippen LogP contribution in [0.15, 0.2) is 41.2 Å². The van der Waals surface area contributed by atoms with Crippen molar-refractivity contribution in [3.05, 3.63) is 53.5 Å². The SMILES string of the molecule is Cc1nocc1C(N)Cc1ccc2[nH]ccc2c1. The summed E-state index contributed by atoms with van der Waals surface area (Å²) in [4.78, 5) is 3.18. The third-order valence-electron chi connectivity index (χ3n) is 3.26. The lowest BCUT2D eigenvalue weighted by Crippen LogP contribution is -2.13. The van der Waals surface area contributed by atoms with Crippen molar-refractivity contribution in [1.82, 2.24) is 10.1 Å². The fourth-order valence-corrected chi connectivity index (χ4v) is 2.25. The van der Waals surface area contributed by atoms with Crippen molar-refractivity contribution in [3.8, 4) is 0 Å². The van der Waals surface area contributed by atoms with E-state index < -0.39 is 0 Å². The van der Waals surface area contributed by atoms with Crippen molar-refractivity contribution < 1.29 is 4.52 Å². The Hall–Kier alpha value is -2.07. The number of benzene rings is 1. The van der Waals surface area contributed by atoms with Gasteiger partial charge in [-0.2, -0.15) is 0 Å². The molecule has 3 aromatic rings. The van der Waals surface area contributed by atoms with Crippen molar-refractivity contribution >= 4 is 10.9 Å². The zero-order chi connectivity index (χ0) is 12.5. The molecule has 0 bridgehead atoms. The first kappa shape index (κ1) is 11.0. The number of nitrogens with one attached hydrogen (secondary N) is 1. The fraction of sp³-hybridized carbons (Fsp3) is 0.214. The van der Waals surface area contributed by atoms with E-state index in [1.807, 2.05) is 13.1 Å². The molecule has 3 rings (SSSR count). The van der Waals surface area contributed by atoms with Crippen molar-refractivity contribution in [3.63, 3.8) is 0 Å². The normalized spacial score (nSPS) is 13.0. The number of rotatable bonds is 3. The third kappa shape index (κ3) is 1.91. The second-order valence-corrected chi connectivity index (χ2v) is 4.57. The van der Waals surface area contributed by atoms with Crippen molar-refractivity contribution in [1.29, 1.82) is 0 Å². The quantitative estimate of drug-likeness (QED) is 0.740. The molecule has 1 aromatic carbocycles. The zero-order valence-corrected chi connectivity index (χ0v) is 10.2. The van der Waals surface area contributed by atoms with Crippen LogP contribution in [0.2, 0.25) is 0 Å². The molecule has 2 heterocycles. The van der Waals surface area contributed by atoms with Crippen LogP contribution in [-0.4, -0.2) is 10.1 Å². The van der Waals surface area contributed by atoms with E-state index in [-0.39, 0.29) is 6.04 Å². The van der Waals surface area contributed by atoms with E-state index >= 15 is 0 Å². The van der Waals surface area contributed by atoms with E-state index in [0.717, 1.165) is 23.2 Å². The summed E-state index contributed by atoms with van der Waals surface area (Å²) < 4.78 is 4.93. The van der Waals surface area contributed by atoms with Gasteiger partial charge >= 0.3 is 0 Å². The average molecular weight is 241 g/mol. The maximum absolute atomic E-state index is 6.18. The van der Waals surface area contributed by atoms with Crippen molar-refractivity contribution in [2.75, 3.05) is 0 Å². The average Bonchev–Trinajstić information content (AvgIpc) is 2.96. The molecule has 0 radical (unpaired) electrons. The molecule has 4 nitrogen and oxygen atoms in total. The highest BCUT2D eigenvalue weighted by atomic mass is 16.5. The van der Waals surface area contributed by atoms with Gasteiger partial charge in [0.25, 0.3) is 0 Å². The highest BCUT2D eigenvalue weighted by molar-refractivity contribution is 5.79. The summed E-state index contributed by atoms with van der Waals surface area (Å²) >= 11 is 0. The molecule has 0 spiro atoms. The Balaban J connectivity index is 1.85. The molecule has 18 heavy (non-hydrogen) atoms. The monoisotopic (exact) mass is 241 g/mol. The number of nitrogens with zero attached hydrogens (tertiary/aromatic N) is 1. The number of H-pyrrole nitrogens is 1. The molecule has 0 aliphatic heterocycles. The summed E-state index contributed by atoms with van der Waals surface area (Å²) in [6.45, 7) is 1.91. The number of fused-ring (bicyclic) bond motifs is 1. The molecule has 0 saturated carbocycles. The Morgan fingerprint density at radius 2 is 2.28 bits per heavy atom. The van der Waals surface area contributed by atoms with Crippen LogP contribution in [0.1, 0.15) is 22.9 Å². The van der Waals surface area contributed by atoms with Gasteiger partial charge in [-0.3, -0.25) is 0 Å². The standard InChI is InChI=1S/C14H15N3O/c1-9-12(8-18-17-9)13(15)7-10-2-3-14-11(6-10)4-5-16-14/h2-6,8,13,16H,7,15H2,1H3. The molecule has 1 atom stereocenters. The number of aromatic nitrogens is 2. The minimum absolute atomic E-state index is 0.0763. The Morgan fingerprint density at radius 1 is 1.39 bits per heavy atom. The Kier molecular flexibility index (Phi) is 2.64. The van der Waals surface area contributed by atoms with Crippen LogP contribution < -0.4 is 5.73 Å². The van der Waals surface area contributed by atoms with Crippen LogP contribution in [0.4, 0.5) is 0 Å². The van der Waals surface area contributed by atoms with Crippen LogP contribution in [-0.2, 0) is 6.42 Å². The smallest absolute Gasteiger partial charge is 0.128 e. The molecule has 0 aliphatic rings. The van der Waals surface area contributed by atoms with Crippen LogP contribution in [0.5, 0.6) is 0 Å². The molecule has 2 aromatic heterocycles. The van der Waals surface area contributed by atoms with E-state index in [1.165, 1.54) is 10.9 Å². The largest absolute Gasteiger partial charge is 0.364 e. The lowest BCUT2D eigenvalue weighted by molar-refractivity contribution is 0.413. The summed E-state index contributed by atoms with van der Waals surface area (Å²) in [7, 11) is 0. The molecule has 0 aliphatic carbocycles. The summed E-state index contributed by atoms with van der Waals surface area (Å²) in [6, 6.07) is 8.33. The minimum Gasteiger partial charge on any atom is -0.364 e. The molecule has 1 unspecified atom stereocenters. The molecule has 0 saturated heterocycles. The second kappa shape index (κ2) is 4.31. The van der Waals surface area contributed by atoms with E-state index in [2.05, 4.69) is 34.4 Å². The molecule has 0 fully saturated rings. The topological polar surface area (TPSA) is 67.8 Å². The van der Waals surface area contributed by atoms with Gasteiger partial charge in [0.1, 0.15) is 6.26 Å². The minimum atomic E-state index is -0.0763. The summed E-state index contributed by atoms with van der Waals surface area (Å²) in [5.41, 5.74) is 10.4. The van der Waals surface area contributed by atoms with Crippen LogP contribution in [0, 0.1) is 6.92 Å². The first-order valence-electron chi connectivity index (χ1n) is 5.96. The predicted molar refractivity (Wildman–Crippen MR) is 70.2 cm³/mol. The molecule has 4 heteroatoms. The highest BCUT2D eigenvalue weighted by Gasteiger charge is 2.13. The molecule has 0 amide bonds. The van der Waals surface area contributed by atoms with Crippen molar-refractivity contribution in [2.45, 2.75) is 19.4 Å². The van der Waals surface area contributed by atoms with Crippen LogP contribution in [0.3, 0.4) is 0 Å². The number of aromatic amines is 1. The van der Waals surface area contributed by atoms with Gasteiger partial charge in [-0.15, -0.1) is 0 Å². The van der Waals surface area contributed by atoms with Gasteiger partial charge in [-0.05, 0) is 42.5 Å². The highest BCUT2D eigenvalue weighted by Crippen LogP contribution is 2.21. The number of nitrogens with two attached hydrogens (primary N) is 1. The Bertz CT molecular complexity index is 668. The Labute approximate surface area is 105 Å².